The molecule has 2 rings (SSSR count). The van der Waals surface area contributed by atoms with Gasteiger partial charge >= 0.3 is 0 Å². The highest BCUT2D eigenvalue weighted by atomic mass is 32.1. The van der Waals surface area contributed by atoms with Gasteiger partial charge in [-0.1, -0.05) is 32.9 Å². The van der Waals surface area contributed by atoms with Crippen molar-refractivity contribution in [2.75, 3.05) is 0 Å². The van der Waals surface area contributed by atoms with Crippen LogP contribution in [0.4, 0.5) is 0 Å². The molecule has 2 N–H and O–H groups in total. The molecule has 0 amide bonds. The fourth-order valence-corrected chi connectivity index (χ4v) is 3.51. The highest BCUT2D eigenvalue weighted by Gasteiger charge is 2.18. The van der Waals surface area contributed by atoms with Gasteiger partial charge in [0.05, 0.1) is 0 Å². The van der Waals surface area contributed by atoms with Crippen LogP contribution < -0.4 is 5.73 Å². The number of thiophene rings is 1. The predicted molar refractivity (Wildman–Crippen MR) is 94.3 cm³/mol. The lowest BCUT2D eigenvalue weighted by Gasteiger charge is -2.23. The number of benzene rings is 1. The molecule has 0 fully saturated rings. The van der Waals surface area contributed by atoms with E-state index in [4.69, 9.17) is 5.73 Å². The Bertz CT molecular complexity index is 608. The summed E-state index contributed by atoms with van der Waals surface area (Å²) in [4.78, 5) is 1.33. The summed E-state index contributed by atoms with van der Waals surface area (Å²) in [5, 5.41) is 2.19. The van der Waals surface area contributed by atoms with Gasteiger partial charge in [-0.2, -0.15) is 0 Å². The Morgan fingerprint density at radius 2 is 1.62 bits per heavy atom. The summed E-state index contributed by atoms with van der Waals surface area (Å²) in [7, 11) is 0. The van der Waals surface area contributed by atoms with Crippen LogP contribution in [0.25, 0.3) is 0 Å². The first-order valence-electron chi connectivity index (χ1n) is 7.59. The van der Waals surface area contributed by atoms with E-state index >= 15 is 0 Å². The monoisotopic (exact) mass is 301 g/mol. The Balaban J connectivity index is 2.28. The van der Waals surface area contributed by atoms with Crippen molar-refractivity contribution in [3.63, 3.8) is 0 Å². The molecule has 0 aliphatic rings. The Hall–Kier alpha value is -1.12. The molecular weight excluding hydrogens is 274 g/mol. The first-order chi connectivity index (χ1) is 9.68. The van der Waals surface area contributed by atoms with Crippen LogP contribution in [-0.4, -0.2) is 0 Å². The molecule has 2 heteroatoms. The van der Waals surface area contributed by atoms with E-state index in [0.717, 1.165) is 6.42 Å². The van der Waals surface area contributed by atoms with Gasteiger partial charge in [-0.05, 0) is 71.9 Å². The van der Waals surface area contributed by atoms with Crippen molar-refractivity contribution in [3.05, 3.63) is 56.3 Å². The van der Waals surface area contributed by atoms with Crippen molar-refractivity contribution in [2.45, 2.75) is 59.4 Å². The predicted octanol–water partition coefficient (Wildman–Crippen LogP) is 5.21. The lowest BCUT2D eigenvalue weighted by Crippen LogP contribution is -2.16. The van der Waals surface area contributed by atoms with Gasteiger partial charge in [0.2, 0.25) is 0 Å². The molecule has 1 atom stereocenters. The molecule has 0 aliphatic carbocycles. The van der Waals surface area contributed by atoms with E-state index in [1.54, 1.807) is 11.3 Å². The van der Waals surface area contributed by atoms with E-state index in [1.165, 1.54) is 32.7 Å². The Kier molecular flexibility index (Phi) is 4.60. The van der Waals surface area contributed by atoms with Crippen molar-refractivity contribution >= 4 is 11.3 Å². The second kappa shape index (κ2) is 5.94. The molecule has 0 saturated heterocycles. The Morgan fingerprint density at radius 3 is 2.05 bits per heavy atom. The smallest absolute Gasteiger partial charge is 0.0344 e. The molecule has 21 heavy (non-hydrogen) atoms. The van der Waals surface area contributed by atoms with Gasteiger partial charge in [0.25, 0.3) is 0 Å². The van der Waals surface area contributed by atoms with Gasteiger partial charge in [-0.3, -0.25) is 0 Å². The molecule has 1 aromatic carbocycles. The third kappa shape index (κ3) is 3.75. The van der Waals surface area contributed by atoms with Gasteiger partial charge in [0, 0.05) is 10.9 Å². The van der Waals surface area contributed by atoms with Gasteiger partial charge in [-0.25, -0.2) is 0 Å². The maximum absolute atomic E-state index is 6.41. The van der Waals surface area contributed by atoms with Crippen molar-refractivity contribution < 1.29 is 0 Å². The summed E-state index contributed by atoms with van der Waals surface area (Å²) in [6.45, 7) is 13.4. The lowest BCUT2D eigenvalue weighted by molar-refractivity contribution is 0.588. The van der Waals surface area contributed by atoms with Crippen LogP contribution in [0.15, 0.2) is 23.6 Å². The molecule has 0 spiro atoms. The number of hydrogen-bond donors (Lipinski definition) is 1. The minimum absolute atomic E-state index is 0.0906. The quantitative estimate of drug-likeness (QED) is 0.827. The van der Waals surface area contributed by atoms with E-state index in [1.807, 2.05) is 0 Å². The van der Waals surface area contributed by atoms with Crippen molar-refractivity contribution in [1.82, 2.24) is 0 Å². The second-order valence-electron chi connectivity index (χ2n) is 7.14. The molecular formula is C19H27NS. The fraction of sp³-hybridized carbons (Fsp3) is 0.474. The number of aryl methyl sites for hydroxylation is 3. The van der Waals surface area contributed by atoms with E-state index in [9.17, 15) is 0 Å². The van der Waals surface area contributed by atoms with Gasteiger partial charge < -0.3 is 5.73 Å². The topological polar surface area (TPSA) is 26.0 Å². The fourth-order valence-electron chi connectivity index (χ4n) is 2.74. The Morgan fingerprint density at radius 1 is 1.05 bits per heavy atom. The number of rotatable bonds is 3. The highest BCUT2D eigenvalue weighted by Crippen LogP contribution is 2.29. The summed E-state index contributed by atoms with van der Waals surface area (Å²) in [5.41, 5.74) is 13.4. The van der Waals surface area contributed by atoms with Crippen LogP contribution in [-0.2, 0) is 11.8 Å². The molecule has 114 valence electrons. The van der Waals surface area contributed by atoms with Crippen LogP contribution >= 0.6 is 11.3 Å². The maximum Gasteiger partial charge on any atom is 0.0344 e. The zero-order valence-corrected chi connectivity index (χ0v) is 14.9. The second-order valence-corrected chi connectivity index (χ2v) is 8.26. The molecule has 1 unspecified atom stereocenters. The van der Waals surface area contributed by atoms with Crippen LogP contribution in [0.3, 0.4) is 0 Å². The van der Waals surface area contributed by atoms with Crippen LogP contribution in [0.1, 0.15) is 59.5 Å². The average Bonchev–Trinajstić information content (AvgIpc) is 2.79. The summed E-state index contributed by atoms with van der Waals surface area (Å²) < 4.78 is 0. The van der Waals surface area contributed by atoms with E-state index in [0.29, 0.717) is 0 Å². The zero-order chi connectivity index (χ0) is 15.8. The first kappa shape index (κ1) is 16.3. The molecule has 0 saturated carbocycles. The van der Waals surface area contributed by atoms with Crippen molar-refractivity contribution in [1.29, 1.82) is 0 Å². The molecule has 1 aromatic heterocycles. The summed E-state index contributed by atoms with van der Waals surface area (Å²) in [6, 6.07) is 6.96. The first-order valence-corrected chi connectivity index (χ1v) is 8.47. The van der Waals surface area contributed by atoms with Gasteiger partial charge in [-0.15, -0.1) is 11.3 Å². The van der Waals surface area contributed by atoms with Crippen molar-refractivity contribution in [2.24, 2.45) is 5.73 Å². The van der Waals surface area contributed by atoms with Crippen LogP contribution in [0.5, 0.6) is 0 Å². The molecule has 1 nitrogen and oxygen atoms in total. The van der Waals surface area contributed by atoms with E-state index in [2.05, 4.69) is 65.1 Å². The molecule has 0 aliphatic heterocycles. The third-order valence-electron chi connectivity index (χ3n) is 4.17. The van der Waals surface area contributed by atoms with E-state index in [-0.39, 0.29) is 11.5 Å². The number of hydrogen-bond acceptors (Lipinski definition) is 2. The summed E-state index contributed by atoms with van der Waals surface area (Å²) >= 11 is 1.78. The SMILES string of the molecule is Cc1cc(C(N)Cc2c(C)cc(C(C)(C)C)cc2C)cs1. The third-order valence-corrected chi connectivity index (χ3v) is 5.04. The van der Waals surface area contributed by atoms with Crippen LogP contribution in [0, 0.1) is 20.8 Å². The number of nitrogens with two attached hydrogens (primary N) is 1. The maximum atomic E-state index is 6.41. The highest BCUT2D eigenvalue weighted by molar-refractivity contribution is 7.10. The van der Waals surface area contributed by atoms with Gasteiger partial charge in [0.15, 0.2) is 0 Å². The van der Waals surface area contributed by atoms with Crippen molar-refractivity contribution in [3.8, 4) is 0 Å². The standard InChI is InChI=1S/C19H27NS/c1-12-7-16(19(4,5)6)8-13(2)17(12)10-18(20)15-9-14(3)21-11-15/h7-9,11,18H,10,20H2,1-6H3. The van der Waals surface area contributed by atoms with E-state index < -0.39 is 0 Å². The molecule has 0 bridgehead atoms. The molecule has 2 aromatic rings. The minimum atomic E-state index is 0.0906. The molecule has 0 radical (unpaired) electrons. The van der Waals surface area contributed by atoms with Gasteiger partial charge in [0.1, 0.15) is 0 Å². The summed E-state index contributed by atoms with van der Waals surface area (Å²) in [6.07, 6.45) is 0.915. The average molecular weight is 301 g/mol. The zero-order valence-electron chi connectivity index (χ0n) is 14.1. The summed E-state index contributed by atoms with van der Waals surface area (Å²) in [5.74, 6) is 0. The largest absolute Gasteiger partial charge is 0.324 e. The minimum Gasteiger partial charge on any atom is -0.324 e. The Labute approximate surface area is 133 Å². The lowest BCUT2D eigenvalue weighted by atomic mass is 9.82. The van der Waals surface area contributed by atoms with Crippen LogP contribution in [0.2, 0.25) is 0 Å². The molecule has 1 heterocycles. The normalized spacial score (nSPS) is 13.5.